The van der Waals surface area contributed by atoms with Crippen LogP contribution in [0.3, 0.4) is 0 Å². The Morgan fingerprint density at radius 1 is 1.56 bits per heavy atom. The Morgan fingerprint density at radius 3 is 2.44 bits per heavy atom. The first-order chi connectivity index (χ1) is 4.18. The van der Waals surface area contributed by atoms with Crippen molar-refractivity contribution < 1.29 is 18.3 Å². The van der Waals surface area contributed by atoms with Gasteiger partial charge in [0.05, 0.1) is 0 Å². The van der Waals surface area contributed by atoms with Gasteiger partial charge in [-0.25, -0.2) is 0 Å². The normalized spacial score (nSPS) is 8.89. The van der Waals surface area contributed by atoms with Gasteiger partial charge in [-0.3, -0.25) is 0 Å². The Hall–Kier alpha value is 0.0900. The number of methoxy groups -OCH3 is 1. The first-order valence-electron chi connectivity index (χ1n) is 2.01. The summed E-state index contributed by atoms with van der Waals surface area (Å²) >= 11 is 1.38. The summed E-state index contributed by atoms with van der Waals surface area (Å²) in [6.45, 7) is -0.143. The molecule has 0 saturated heterocycles. The van der Waals surface area contributed by atoms with Crippen LogP contribution in [0, 0.1) is 0 Å². The van der Waals surface area contributed by atoms with Gasteiger partial charge in [-0.2, -0.15) is 8.78 Å². The number of ether oxygens (including phenoxy) is 2. The van der Waals surface area contributed by atoms with E-state index in [2.05, 4.69) is 9.47 Å². The second kappa shape index (κ2) is 4.92. The number of hydrogen-bond acceptors (Lipinski definition) is 2. The first-order valence-corrected chi connectivity index (χ1v) is 3.09. The minimum Gasteiger partial charge on any atom is -0.456 e. The van der Waals surface area contributed by atoms with Crippen molar-refractivity contribution in [3.63, 3.8) is 0 Å². The highest BCUT2D eigenvalue weighted by Crippen LogP contribution is 2.15. The molecule has 0 heterocycles. The van der Waals surface area contributed by atoms with Crippen molar-refractivity contribution in [3.05, 3.63) is 9.85 Å². The van der Waals surface area contributed by atoms with E-state index < -0.39 is 9.85 Å². The molecule has 0 aliphatic carbocycles. The van der Waals surface area contributed by atoms with Crippen LogP contribution in [0.1, 0.15) is 0 Å². The Kier molecular flexibility index (Phi) is 4.97. The van der Waals surface area contributed by atoms with Crippen molar-refractivity contribution in [1.29, 1.82) is 0 Å². The standard InChI is InChI=1S/C4H5F2IO2/c1-8-2-9-4(7)3(5)6/h2H2,1H3. The van der Waals surface area contributed by atoms with Gasteiger partial charge in [0, 0.05) is 29.7 Å². The zero-order chi connectivity index (χ0) is 7.28. The smallest absolute Gasteiger partial charge is 0.318 e. The van der Waals surface area contributed by atoms with Crippen molar-refractivity contribution in [2.24, 2.45) is 0 Å². The molecular weight excluding hydrogens is 245 g/mol. The number of halogens is 3. The summed E-state index contributed by atoms with van der Waals surface area (Å²) in [6, 6.07) is 0. The van der Waals surface area contributed by atoms with E-state index in [9.17, 15) is 8.78 Å². The first kappa shape index (κ1) is 9.09. The molecule has 54 valence electrons. The van der Waals surface area contributed by atoms with Crippen molar-refractivity contribution in [1.82, 2.24) is 0 Å². The quantitative estimate of drug-likeness (QED) is 0.434. The molecular formula is C4H5F2IO2. The average molecular weight is 250 g/mol. The molecule has 2 nitrogen and oxygen atoms in total. The van der Waals surface area contributed by atoms with Gasteiger partial charge < -0.3 is 9.47 Å². The maximum absolute atomic E-state index is 11.4. The summed E-state index contributed by atoms with van der Waals surface area (Å²) in [4.78, 5) is 0. The van der Waals surface area contributed by atoms with E-state index in [1.54, 1.807) is 0 Å². The summed E-state index contributed by atoms with van der Waals surface area (Å²) < 4.78 is 31.2. The molecule has 0 aromatic carbocycles. The van der Waals surface area contributed by atoms with Gasteiger partial charge in [-0.1, -0.05) is 0 Å². The molecule has 5 heteroatoms. The minimum absolute atomic E-state index is 0.143. The van der Waals surface area contributed by atoms with Gasteiger partial charge in [-0.05, 0) is 0 Å². The zero-order valence-corrected chi connectivity index (χ0v) is 6.81. The molecule has 0 aliphatic rings. The Labute approximate surface area is 65.0 Å². The molecule has 0 bridgehead atoms. The van der Waals surface area contributed by atoms with Crippen molar-refractivity contribution in [2.45, 2.75) is 0 Å². The third kappa shape index (κ3) is 4.58. The lowest BCUT2D eigenvalue weighted by Gasteiger charge is -1.99. The molecule has 0 atom stereocenters. The summed E-state index contributed by atoms with van der Waals surface area (Å²) in [6.07, 6.45) is -1.83. The third-order valence-electron chi connectivity index (χ3n) is 0.452. The van der Waals surface area contributed by atoms with Crippen molar-refractivity contribution >= 4 is 22.6 Å². The predicted molar refractivity (Wildman–Crippen MR) is 36.2 cm³/mol. The van der Waals surface area contributed by atoms with Crippen LogP contribution in [0.15, 0.2) is 9.85 Å². The highest BCUT2D eigenvalue weighted by atomic mass is 127. The molecule has 0 N–H and O–H groups in total. The highest BCUT2D eigenvalue weighted by Gasteiger charge is 2.00. The monoisotopic (exact) mass is 250 g/mol. The van der Waals surface area contributed by atoms with Crippen LogP contribution in [0.2, 0.25) is 0 Å². The molecule has 0 radical (unpaired) electrons. The molecule has 0 unspecified atom stereocenters. The molecule has 0 spiro atoms. The Morgan fingerprint density at radius 2 is 2.11 bits per heavy atom. The van der Waals surface area contributed by atoms with E-state index in [0.717, 1.165) is 0 Å². The van der Waals surface area contributed by atoms with Gasteiger partial charge in [0.15, 0.2) is 6.79 Å². The second-order valence-electron chi connectivity index (χ2n) is 1.08. The van der Waals surface area contributed by atoms with E-state index in [1.807, 2.05) is 0 Å². The Balaban J connectivity index is 3.50. The van der Waals surface area contributed by atoms with Crippen LogP contribution < -0.4 is 0 Å². The lowest BCUT2D eigenvalue weighted by molar-refractivity contribution is 0.0131. The number of hydrogen-bond donors (Lipinski definition) is 0. The van der Waals surface area contributed by atoms with Crippen LogP contribution in [0.5, 0.6) is 0 Å². The number of rotatable bonds is 3. The fraction of sp³-hybridized carbons (Fsp3) is 0.500. The van der Waals surface area contributed by atoms with Crippen LogP contribution in [0.4, 0.5) is 8.78 Å². The maximum Gasteiger partial charge on any atom is 0.318 e. The van der Waals surface area contributed by atoms with Gasteiger partial charge in [-0.15, -0.1) is 0 Å². The van der Waals surface area contributed by atoms with Crippen LogP contribution >= 0.6 is 22.6 Å². The van der Waals surface area contributed by atoms with E-state index >= 15 is 0 Å². The zero-order valence-electron chi connectivity index (χ0n) is 4.66. The summed E-state index contributed by atoms with van der Waals surface area (Å²) in [7, 11) is 1.36. The molecule has 0 aromatic heterocycles. The molecule has 0 fully saturated rings. The van der Waals surface area contributed by atoms with Crippen molar-refractivity contribution in [3.8, 4) is 0 Å². The molecule has 0 rings (SSSR count). The van der Waals surface area contributed by atoms with Crippen LogP contribution in [-0.4, -0.2) is 13.9 Å². The fourth-order valence-electron chi connectivity index (χ4n) is 0.165. The van der Waals surface area contributed by atoms with Crippen LogP contribution in [-0.2, 0) is 9.47 Å². The van der Waals surface area contributed by atoms with E-state index in [1.165, 1.54) is 29.7 Å². The second-order valence-corrected chi connectivity index (χ2v) is 2.06. The maximum atomic E-state index is 11.4. The summed E-state index contributed by atoms with van der Waals surface area (Å²) in [5.41, 5.74) is 0. The van der Waals surface area contributed by atoms with E-state index in [0.29, 0.717) is 0 Å². The van der Waals surface area contributed by atoms with Crippen LogP contribution in [0.25, 0.3) is 0 Å². The molecule has 0 aliphatic heterocycles. The van der Waals surface area contributed by atoms with E-state index in [-0.39, 0.29) is 6.79 Å². The SMILES string of the molecule is COCOC(I)=C(F)F. The van der Waals surface area contributed by atoms with Gasteiger partial charge in [0.1, 0.15) is 0 Å². The fourth-order valence-corrected chi connectivity index (χ4v) is 0.292. The summed E-state index contributed by atoms with van der Waals surface area (Å²) in [5, 5.41) is 0. The lowest BCUT2D eigenvalue weighted by Crippen LogP contribution is -1.92. The lowest BCUT2D eigenvalue weighted by atomic mass is 11.0. The molecule has 0 amide bonds. The average Bonchev–Trinajstić information content (AvgIpc) is 1.82. The Bertz CT molecular complexity index is 111. The highest BCUT2D eigenvalue weighted by molar-refractivity contribution is 14.1. The largest absolute Gasteiger partial charge is 0.456 e. The van der Waals surface area contributed by atoms with Crippen molar-refractivity contribution in [2.75, 3.05) is 13.9 Å². The van der Waals surface area contributed by atoms with E-state index in [4.69, 9.17) is 0 Å². The summed E-state index contributed by atoms with van der Waals surface area (Å²) in [5.74, 6) is 0. The van der Waals surface area contributed by atoms with Gasteiger partial charge in [0.2, 0.25) is 3.77 Å². The molecule has 0 aromatic rings. The van der Waals surface area contributed by atoms with Gasteiger partial charge >= 0.3 is 6.08 Å². The third-order valence-corrected chi connectivity index (χ3v) is 1.17. The molecule has 0 saturated carbocycles. The molecule has 9 heavy (non-hydrogen) atoms. The minimum atomic E-state index is -1.83. The predicted octanol–water partition coefficient (Wildman–Crippen LogP) is 2.11. The van der Waals surface area contributed by atoms with Gasteiger partial charge in [0.25, 0.3) is 0 Å². The topological polar surface area (TPSA) is 18.5 Å².